The van der Waals surface area contributed by atoms with Crippen LogP contribution < -0.4 is 0 Å². The van der Waals surface area contributed by atoms with Gasteiger partial charge in [-0.25, -0.2) is 0 Å². The minimum atomic E-state index is 0.551. The van der Waals surface area contributed by atoms with E-state index in [4.69, 9.17) is 0 Å². The first kappa shape index (κ1) is 12.0. The summed E-state index contributed by atoms with van der Waals surface area (Å²) in [6.45, 7) is 4.62. The lowest BCUT2D eigenvalue weighted by Gasteiger charge is -2.38. The van der Waals surface area contributed by atoms with Crippen LogP contribution in [0, 0.1) is 11.8 Å². The molecular weight excluding hydrogens is 240 g/mol. The van der Waals surface area contributed by atoms with Crippen molar-refractivity contribution in [3.05, 3.63) is 70.3 Å². The molecule has 0 N–H and O–H groups in total. The van der Waals surface area contributed by atoms with Crippen LogP contribution in [-0.4, -0.2) is 0 Å². The molecule has 0 nitrogen and oxygen atoms in total. The van der Waals surface area contributed by atoms with E-state index in [9.17, 15) is 0 Å². The first-order chi connectivity index (χ1) is 9.74. The number of benzene rings is 1. The smallest absolute Gasteiger partial charge is 0.0202 e. The topological polar surface area (TPSA) is 0 Å². The Hall–Kier alpha value is -1.82. The van der Waals surface area contributed by atoms with Gasteiger partial charge >= 0.3 is 0 Å². The summed E-state index contributed by atoms with van der Waals surface area (Å²) in [6, 6.07) is 6.68. The maximum Gasteiger partial charge on any atom is 0.0202 e. The van der Waals surface area contributed by atoms with Crippen molar-refractivity contribution >= 4 is 12.2 Å². The van der Waals surface area contributed by atoms with Crippen LogP contribution in [-0.2, 0) is 0 Å². The van der Waals surface area contributed by atoms with Crippen molar-refractivity contribution in [2.75, 3.05) is 0 Å². The largest absolute Gasteiger partial charge is 0.0758 e. The quantitative estimate of drug-likeness (QED) is 0.672. The van der Waals surface area contributed by atoms with Gasteiger partial charge in [0, 0.05) is 11.8 Å². The van der Waals surface area contributed by atoms with Gasteiger partial charge in [0.2, 0.25) is 0 Å². The van der Waals surface area contributed by atoms with Crippen molar-refractivity contribution < 1.29 is 0 Å². The van der Waals surface area contributed by atoms with Crippen molar-refractivity contribution in [2.45, 2.75) is 26.2 Å². The third-order valence-electron chi connectivity index (χ3n) is 4.70. The molecule has 0 fully saturated rings. The zero-order valence-corrected chi connectivity index (χ0v) is 12.1. The van der Waals surface area contributed by atoms with Gasteiger partial charge < -0.3 is 0 Å². The normalized spacial score (nSPS) is 25.4. The Balaban J connectivity index is 1.88. The second-order valence-electron chi connectivity index (χ2n) is 6.55. The standard InChI is InChI=1S/C20H20/c1-13(2)12-17-9-8-16-7-6-14-4-3-5-15-10-11-18(17)20(16)19(14)15/h3-11,13,18,20H,12H2,1-2H3. The van der Waals surface area contributed by atoms with E-state index in [1.807, 2.05) is 0 Å². The number of hydrogen-bond acceptors (Lipinski definition) is 0. The zero-order valence-electron chi connectivity index (χ0n) is 12.1. The van der Waals surface area contributed by atoms with Crippen molar-refractivity contribution in [2.24, 2.45) is 11.8 Å². The summed E-state index contributed by atoms with van der Waals surface area (Å²) in [5.41, 5.74) is 7.44. The molecule has 0 heterocycles. The minimum absolute atomic E-state index is 0.551. The Bertz CT molecular complexity index is 680. The summed E-state index contributed by atoms with van der Waals surface area (Å²) in [4.78, 5) is 0. The molecule has 2 unspecified atom stereocenters. The number of hydrogen-bond donors (Lipinski definition) is 0. The summed E-state index contributed by atoms with van der Waals surface area (Å²) in [5, 5.41) is 0. The highest BCUT2D eigenvalue weighted by molar-refractivity contribution is 5.74. The van der Waals surface area contributed by atoms with Gasteiger partial charge in [-0.15, -0.1) is 0 Å². The summed E-state index contributed by atoms with van der Waals surface area (Å²) in [7, 11) is 0. The SMILES string of the molecule is CC(C)CC1=CC=C2C=Cc3cccc4c3C2C1C=C4. The molecule has 0 amide bonds. The Morgan fingerprint density at radius 1 is 1.00 bits per heavy atom. The molecule has 2 atom stereocenters. The van der Waals surface area contributed by atoms with Crippen LogP contribution in [0.1, 0.15) is 42.9 Å². The fourth-order valence-electron chi connectivity index (χ4n) is 3.90. The predicted octanol–water partition coefficient (Wildman–Crippen LogP) is 5.35. The van der Waals surface area contributed by atoms with Crippen molar-refractivity contribution in [1.29, 1.82) is 0 Å². The molecule has 0 aromatic heterocycles. The maximum absolute atomic E-state index is 2.43. The van der Waals surface area contributed by atoms with Gasteiger partial charge in [-0.2, -0.15) is 0 Å². The lowest BCUT2D eigenvalue weighted by molar-refractivity contribution is 0.547. The molecule has 20 heavy (non-hydrogen) atoms. The van der Waals surface area contributed by atoms with E-state index in [1.54, 1.807) is 11.1 Å². The average Bonchev–Trinajstić information content (AvgIpc) is 2.46. The fraction of sp³-hybridized carbons (Fsp3) is 0.300. The molecule has 3 aliphatic rings. The molecule has 0 bridgehead atoms. The Morgan fingerprint density at radius 3 is 2.60 bits per heavy atom. The van der Waals surface area contributed by atoms with Gasteiger partial charge in [-0.05, 0) is 34.6 Å². The highest BCUT2D eigenvalue weighted by atomic mass is 14.4. The van der Waals surface area contributed by atoms with Gasteiger partial charge in [0.15, 0.2) is 0 Å². The van der Waals surface area contributed by atoms with Crippen LogP contribution in [0.5, 0.6) is 0 Å². The van der Waals surface area contributed by atoms with Gasteiger partial charge in [-0.1, -0.05) is 74.1 Å². The molecule has 0 heteroatoms. The molecule has 3 aliphatic carbocycles. The first-order valence-corrected chi connectivity index (χ1v) is 7.64. The fourth-order valence-corrected chi connectivity index (χ4v) is 3.90. The van der Waals surface area contributed by atoms with Crippen LogP contribution in [0.4, 0.5) is 0 Å². The van der Waals surface area contributed by atoms with E-state index in [-0.39, 0.29) is 0 Å². The monoisotopic (exact) mass is 260 g/mol. The first-order valence-electron chi connectivity index (χ1n) is 7.64. The highest BCUT2D eigenvalue weighted by Crippen LogP contribution is 2.49. The Kier molecular flexibility index (Phi) is 2.60. The highest BCUT2D eigenvalue weighted by Gasteiger charge is 2.35. The molecule has 1 aromatic carbocycles. The van der Waals surface area contributed by atoms with Crippen molar-refractivity contribution in [3.8, 4) is 0 Å². The molecule has 4 rings (SSSR count). The predicted molar refractivity (Wildman–Crippen MR) is 86.4 cm³/mol. The summed E-state index contributed by atoms with van der Waals surface area (Å²) < 4.78 is 0. The Morgan fingerprint density at radius 2 is 1.80 bits per heavy atom. The second kappa shape index (κ2) is 4.34. The molecule has 0 spiro atoms. The minimum Gasteiger partial charge on any atom is -0.0758 e. The molecule has 100 valence electrons. The maximum atomic E-state index is 2.43. The van der Waals surface area contributed by atoms with E-state index < -0.39 is 0 Å². The molecule has 0 aliphatic heterocycles. The molecule has 0 radical (unpaired) electrons. The van der Waals surface area contributed by atoms with Gasteiger partial charge in [0.05, 0.1) is 0 Å². The summed E-state index contributed by atoms with van der Waals surface area (Å²) in [5.74, 6) is 1.84. The number of allylic oxidation sites excluding steroid dienone is 6. The average molecular weight is 260 g/mol. The van der Waals surface area contributed by atoms with Crippen molar-refractivity contribution in [3.63, 3.8) is 0 Å². The third-order valence-corrected chi connectivity index (χ3v) is 4.70. The summed E-state index contributed by atoms with van der Waals surface area (Å²) >= 11 is 0. The van der Waals surface area contributed by atoms with E-state index in [0.29, 0.717) is 11.8 Å². The van der Waals surface area contributed by atoms with Crippen LogP contribution in [0.15, 0.2) is 53.6 Å². The number of rotatable bonds is 2. The third kappa shape index (κ3) is 1.67. The van der Waals surface area contributed by atoms with E-state index in [2.05, 4.69) is 68.5 Å². The molecule has 1 aromatic rings. The van der Waals surface area contributed by atoms with Crippen LogP contribution in [0.25, 0.3) is 12.2 Å². The van der Waals surface area contributed by atoms with Gasteiger partial charge in [-0.3, -0.25) is 0 Å². The van der Waals surface area contributed by atoms with E-state index in [1.165, 1.54) is 23.1 Å². The summed E-state index contributed by atoms with van der Waals surface area (Å²) in [6.07, 6.45) is 15.3. The Labute approximate surface area is 121 Å². The molecule has 0 saturated heterocycles. The van der Waals surface area contributed by atoms with E-state index in [0.717, 1.165) is 5.92 Å². The second-order valence-corrected chi connectivity index (χ2v) is 6.55. The lowest BCUT2D eigenvalue weighted by Crippen LogP contribution is -2.24. The van der Waals surface area contributed by atoms with Crippen molar-refractivity contribution in [1.82, 2.24) is 0 Å². The van der Waals surface area contributed by atoms with E-state index >= 15 is 0 Å². The van der Waals surface area contributed by atoms with Crippen LogP contribution in [0.3, 0.4) is 0 Å². The zero-order chi connectivity index (χ0) is 13.7. The molecular formula is C20H20. The lowest BCUT2D eigenvalue weighted by atomic mass is 9.65. The van der Waals surface area contributed by atoms with Gasteiger partial charge in [0.1, 0.15) is 0 Å². The van der Waals surface area contributed by atoms with Crippen LogP contribution in [0.2, 0.25) is 0 Å². The van der Waals surface area contributed by atoms with Crippen LogP contribution >= 0.6 is 0 Å². The molecule has 0 saturated carbocycles. The van der Waals surface area contributed by atoms with Gasteiger partial charge in [0.25, 0.3) is 0 Å².